The lowest BCUT2D eigenvalue weighted by Gasteiger charge is -2.36. The Bertz CT molecular complexity index is 1540. The Morgan fingerprint density at radius 1 is 0.897 bits per heavy atom. The molecule has 0 saturated carbocycles. The molecule has 1 saturated heterocycles. The summed E-state index contributed by atoms with van der Waals surface area (Å²) in [6.07, 6.45) is 0.647. The number of nitriles is 1. The molecule has 1 amide bonds. The van der Waals surface area contributed by atoms with Crippen molar-refractivity contribution in [1.82, 2.24) is 0 Å². The van der Waals surface area contributed by atoms with Crippen LogP contribution in [0.1, 0.15) is 34.7 Å². The minimum absolute atomic E-state index is 0.0833. The minimum atomic E-state index is -0.827. The molecule has 39 heavy (non-hydrogen) atoms. The zero-order valence-electron chi connectivity index (χ0n) is 22.0. The van der Waals surface area contributed by atoms with Gasteiger partial charge in [0.15, 0.2) is 0 Å². The molecular formula is C33H29N3O3. The standard InChI is InChI=1S/C33H29N3O3/c1-38-27-14-12-26(13-15-27)35-19-18-33(31(35)25-10-8-23(21-34)9-11-25)29-20-28(39-2)16-17-30(29)36(32(33)37)22-24-6-4-3-5-7-24/h3-17,20,31H,18-19,22H2,1-2H3/t31-,33-/m0/s1. The third-order valence-corrected chi connectivity index (χ3v) is 8.07. The first-order valence-electron chi connectivity index (χ1n) is 13.0. The number of hydrogen-bond acceptors (Lipinski definition) is 5. The van der Waals surface area contributed by atoms with Crippen molar-refractivity contribution in [3.05, 3.63) is 119 Å². The quantitative estimate of drug-likeness (QED) is 0.315. The molecule has 6 rings (SSSR count). The maximum Gasteiger partial charge on any atom is 0.240 e. The smallest absolute Gasteiger partial charge is 0.240 e. The first kappa shape index (κ1) is 24.6. The van der Waals surface area contributed by atoms with Gasteiger partial charge >= 0.3 is 0 Å². The molecule has 6 heteroatoms. The van der Waals surface area contributed by atoms with E-state index in [0.717, 1.165) is 39.6 Å². The SMILES string of the molecule is COc1ccc(N2CC[C@@]3(C(=O)N(Cc4ccccc4)c4ccc(OC)cc43)[C@@H]2c2ccc(C#N)cc2)cc1. The predicted molar refractivity (Wildman–Crippen MR) is 151 cm³/mol. The molecule has 1 spiro atoms. The zero-order chi connectivity index (χ0) is 27.0. The number of hydrogen-bond donors (Lipinski definition) is 0. The third-order valence-electron chi connectivity index (χ3n) is 8.07. The summed E-state index contributed by atoms with van der Waals surface area (Å²) in [5.74, 6) is 1.59. The highest BCUT2D eigenvalue weighted by molar-refractivity contribution is 6.09. The van der Waals surface area contributed by atoms with Crippen LogP contribution in [0.2, 0.25) is 0 Å². The number of anilines is 2. The van der Waals surface area contributed by atoms with Gasteiger partial charge in [-0.3, -0.25) is 4.79 Å². The Labute approximate surface area is 228 Å². The summed E-state index contributed by atoms with van der Waals surface area (Å²) in [5, 5.41) is 9.44. The molecule has 6 nitrogen and oxygen atoms in total. The number of ether oxygens (including phenoxy) is 2. The molecule has 194 valence electrons. The summed E-state index contributed by atoms with van der Waals surface area (Å²) < 4.78 is 11.0. The van der Waals surface area contributed by atoms with Gasteiger partial charge in [-0.05, 0) is 77.7 Å². The zero-order valence-corrected chi connectivity index (χ0v) is 22.0. The van der Waals surface area contributed by atoms with Crippen LogP contribution in [-0.4, -0.2) is 26.7 Å². The van der Waals surface area contributed by atoms with Crippen LogP contribution in [0, 0.1) is 11.3 Å². The maximum absolute atomic E-state index is 14.8. The highest BCUT2D eigenvalue weighted by Crippen LogP contribution is 2.58. The molecule has 0 aliphatic carbocycles. The molecule has 0 bridgehead atoms. The van der Waals surface area contributed by atoms with E-state index in [2.05, 4.69) is 23.1 Å². The van der Waals surface area contributed by atoms with Gasteiger partial charge in [0.1, 0.15) is 16.9 Å². The van der Waals surface area contributed by atoms with E-state index in [9.17, 15) is 10.1 Å². The molecule has 0 N–H and O–H groups in total. The topological polar surface area (TPSA) is 65.8 Å². The van der Waals surface area contributed by atoms with Crippen LogP contribution < -0.4 is 19.3 Å². The summed E-state index contributed by atoms with van der Waals surface area (Å²) in [7, 11) is 3.31. The number of methoxy groups -OCH3 is 2. The average molecular weight is 516 g/mol. The fourth-order valence-corrected chi connectivity index (χ4v) is 6.21. The lowest BCUT2D eigenvalue weighted by atomic mass is 9.72. The Hall–Kier alpha value is -4.76. The fraction of sp³-hybridized carbons (Fsp3) is 0.212. The molecule has 2 aliphatic heterocycles. The molecular weight excluding hydrogens is 486 g/mol. The van der Waals surface area contributed by atoms with Crippen LogP contribution in [0.25, 0.3) is 0 Å². The van der Waals surface area contributed by atoms with Crippen molar-refractivity contribution in [1.29, 1.82) is 5.26 Å². The number of amides is 1. The normalized spacial score (nSPS) is 19.7. The van der Waals surface area contributed by atoms with E-state index in [-0.39, 0.29) is 11.9 Å². The Kier molecular flexibility index (Phi) is 6.20. The Balaban J connectivity index is 1.53. The largest absolute Gasteiger partial charge is 0.497 e. The van der Waals surface area contributed by atoms with Crippen LogP contribution in [0.5, 0.6) is 11.5 Å². The molecule has 4 aromatic rings. The summed E-state index contributed by atoms with van der Waals surface area (Å²) in [5.41, 5.74) is 4.74. The van der Waals surface area contributed by atoms with E-state index >= 15 is 0 Å². The second kappa shape index (κ2) is 9.85. The highest BCUT2D eigenvalue weighted by atomic mass is 16.5. The van der Waals surface area contributed by atoms with Gasteiger partial charge in [0.2, 0.25) is 5.91 Å². The van der Waals surface area contributed by atoms with Gasteiger partial charge in [0.25, 0.3) is 0 Å². The van der Waals surface area contributed by atoms with Gasteiger partial charge in [-0.2, -0.15) is 5.26 Å². The van der Waals surface area contributed by atoms with Crippen LogP contribution in [0.4, 0.5) is 11.4 Å². The van der Waals surface area contributed by atoms with Gasteiger partial charge in [-0.15, -0.1) is 0 Å². The molecule has 1 fully saturated rings. The number of benzene rings is 4. The van der Waals surface area contributed by atoms with Crippen LogP contribution in [-0.2, 0) is 16.8 Å². The number of fused-ring (bicyclic) bond motifs is 2. The summed E-state index contributed by atoms with van der Waals surface area (Å²) >= 11 is 0. The van der Waals surface area contributed by atoms with Gasteiger partial charge < -0.3 is 19.3 Å². The van der Waals surface area contributed by atoms with E-state index in [1.165, 1.54) is 0 Å². The van der Waals surface area contributed by atoms with E-state index in [1.807, 2.05) is 89.8 Å². The van der Waals surface area contributed by atoms with Crippen molar-refractivity contribution >= 4 is 17.3 Å². The van der Waals surface area contributed by atoms with Crippen molar-refractivity contribution in [2.75, 3.05) is 30.6 Å². The van der Waals surface area contributed by atoms with E-state index < -0.39 is 5.41 Å². The Morgan fingerprint density at radius 2 is 1.59 bits per heavy atom. The van der Waals surface area contributed by atoms with Crippen LogP contribution in [0.15, 0.2) is 97.1 Å². The van der Waals surface area contributed by atoms with Gasteiger partial charge in [-0.1, -0.05) is 42.5 Å². The second-order valence-electron chi connectivity index (χ2n) is 10.0. The van der Waals surface area contributed by atoms with Crippen molar-refractivity contribution in [3.8, 4) is 17.6 Å². The van der Waals surface area contributed by atoms with Crippen molar-refractivity contribution < 1.29 is 14.3 Å². The number of rotatable bonds is 6. The van der Waals surface area contributed by atoms with Gasteiger partial charge in [0.05, 0.1) is 38.4 Å². The second-order valence-corrected chi connectivity index (χ2v) is 10.0. The first-order chi connectivity index (χ1) is 19.1. The molecule has 2 atom stereocenters. The summed E-state index contributed by atoms with van der Waals surface area (Å²) in [6, 6.07) is 33.6. The Morgan fingerprint density at radius 3 is 2.26 bits per heavy atom. The first-order valence-corrected chi connectivity index (χ1v) is 13.0. The fourth-order valence-electron chi connectivity index (χ4n) is 6.21. The monoisotopic (exact) mass is 515 g/mol. The summed E-state index contributed by atoms with van der Waals surface area (Å²) in [4.78, 5) is 19.0. The van der Waals surface area contributed by atoms with E-state index in [1.54, 1.807) is 14.2 Å². The molecule has 2 heterocycles. The number of carbonyl (C=O) groups excluding carboxylic acids is 1. The lowest BCUT2D eigenvalue weighted by molar-refractivity contribution is -0.123. The highest BCUT2D eigenvalue weighted by Gasteiger charge is 2.61. The molecule has 4 aromatic carbocycles. The van der Waals surface area contributed by atoms with E-state index in [4.69, 9.17) is 9.47 Å². The third kappa shape index (κ3) is 3.98. The number of nitrogens with zero attached hydrogens (tertiary/aromatic N) is 3. The van der Waals surface area contributed by atoms with Crippen LogP contribution >= 0.6 is 0 Å². The summed E-state index contributed by atoms with van der Waals surface area (Å²) in [6.45, 7) is 1.18. The lowest BCUT2D eigenvalue weighted by Crippen LogP contribution is -2.44. The number of carbonyl (C=O) groups is 1. The minimum Gasteiger partial charge on any atom is -0.497 e. The van der Waals surface area contributed by atoms with Crippen molar-refractivity contribution in [2.24, 2.45) is 0 Å². The van der Waals surface area contributed by atoms with Gasteiger partial charge in [0, 0.05) is 17.9 Å². The van der Waals surface area contributed by atoms with Crippen molar-refractivity contribution in [2.45, 2.75) is 24.4 Å². The van der Waals surface area contributed by atoms with Crippen LogP contribution in [0.3, 0.4) is 0 Å². The molecule has 0 radical (unpaired) electrons. The van der Waals surface area contributed by atoms with E-state index in [0.29, 0.717) is 25.1 Å². The van der Waals surface area contributed by atoms with Gasteiger partial charge in [-0.25, -0.2) is 0 Å². The molecule has 2 aliphatic rings. The predicted octanol–water partition coefficient (Wildman–Crippen LogP) is 6.01. The molecule has 0 aromatic heterocycles. The van der Waals surface area contributed by atoms with Crippen molar-refractivity contribution in [3.63, 3.8) is 0 Å². The average Bonchev–Trinajstić information content (AvgIpc) is 3.50. The molecule has 0 unspecified atom stereocenters. The maximum atomic E-state index is 14.8.